The van der Waals surface area contributed by atoms with Gasteiger partial charge in [-0.25, -0.2) is 14.8 Å². The summed E-state index contributed by atoms with van der Waals surface area (Å²) in [4.78, 5) is 37.6. The Bertz CT molecular complexity index is 1410. The summed E-state index contributed by atoms with van der Waals surface area (Å²) in [6, 6.07) is 9.89. The van der Waals surface area contributed by atoms with Crippen LogP contribution in [0.5, 0.6) is 0 Å². The lowest BCUT2D eigenvalue weighted by Gasteiger charge is -2.08. The van der Waals surface area contributed by atoms with Gasteiger partial charge in [0.2, 0.25) is 0 Å². The average molecular weight is 406 g/mol. The van der Waals surface area contributed by atoms with E-state index < -0.39 is 11.2 Å². The zero-order valence-corrected chi connectivity index (χ0v) is 16.5. The van der Waals surface area contributed by atoms with E-state index in [4.69, 9.17) is 4.98 Å². The summed E-state index contributed by atoms with van der Waals surface area (Å²) in [5.74, 6) is 0.702. The molecule has 0 bridgehead atoms. The molecule has 0 spiro atoms. The average Bonchev–Trinajstić information content (AvgIpc) is 3.38. The van der Waals surface area contributed by atoms with Crippen LogP contribution >= 0.6 is 11.3 Å². The van der Waals surface area contributed by atoms with Crippen molar-refractivity contribution in [2.24, 2.45) is 0 Å². The predicted octanol–water partition coefficient (Wildman–Crippen LogP) is 2.25. The number of benzene rings is 1. The number of fused-ring (bicyclic) bond motifs is 2. The fourth-order valence-corrected chi connectivity index (χ4v) is 4.32. The summed E-state index contributed by atoms with van der Waals surface area (Å²) in [6.07, 6.45) is 4.39. The summed E-state index contributed by atoms with van der Waals surface area (Å²) >= 11 is 1.57. The number of rotatable bonds is 5. The molecule has 0 aliphatic rings. The van der Waals surface area contributed by atoms with Gasteiger partial charge < -0.3 is 4.57 Å². The lowest BCUT2D eigenvalue weighted by molar-refractivity contribution is 0.717. The Morgan fingerprint density at radius 3 is 2.69 bits per heavy atom. The molecule has 0 amide bonds. The number of hydrogen-bond acceptors (Lipinski definition) is 5. The van der Waals surface area contributed by atoms with Gasteiger partial charge in [0.15, 0.2) is 16.1 Å². The Labute approximate surface area is 168 Å². The Balaban J connectivity index is 1.71. The number of aromatic nitrogens is 6. The van der Waals surface area contributed by atoms with Crippen molar-refractivity contribution in [3.05, 3.63) is 86.0 Å². The molecule has 9 heteroatoms. The summed E-state index contributed by atoms with van der Waals surface area (Å²) in [5.41, 5.74) is 1.87. The largest absolute Gasteiger partial charge is 0.330 e. The van der Waals surface area contributed by atoms with Crippen LogP contribution in [0.2, 0.25) is 0 Å². The highest BCUT2D eigenvalue weighted by Gasteiger charge is 2.19. The number of thiazole rings is 1. The Morgan fingerprint density at radius 1 is 1.10 bits per heavy atom. The van der Waals surface area contributed by atoms with E-state index in [1.165, 1.54) is 4.57 Å². The summed E-state index contributed by atoms with van der Waals surface area (Å²) in [6.45, 7) is 2.77. The molecule has 1 aromatic carbocycles. The van der Waals surface area contributed by atoms with Crippen LogP contribution in [0, 0.1) is 0 Å². The van der Waals surface area contributed by atoms with Crippen LogP contribution in [0.25, 0.3) is 16.1 Å². The van der Waals surface area contributed by atoms with Crippen LogP contribution in [-0.2, 0) is 19.5 Å². The minimum Gasteiger partial charge on any atom is -0.317 e. The molecule has 0 aliphatic heterocycles. The van der Waals surface area contributed by atoms with Crippen molar-refractivity contribution in [2.75, 3.05) is 0 Å². The van der Waals surface area contributed by atoms with Crippen molar-refractivity contribution < 1.29 is 0 Å². The molecule has 5 rings (SSSR count). The maximum Gasteiger partial charge on any atom is 0.330 e. The van der Waals surface area contributed by atoms with Gasteiger partial charge in [0.25, 0.3) is 5.56 Å². The lowest BCUT2D eigenvalue weighted by atomic mass is 10.2. The van der Waals surface area contributed by atoms with Crippen molar-refractivity contribution in [2.45, 2.75) is 26.4 Å². The second-order valence-electron chi connectivity index (χ2n) is 6.78. The standard InChI is InChI=1S/C20H18N6O2S/c1-2-25-17-16(18(27)23-19(25)28)26(11-13-6-4-3-5-7-13)15(22-17)10-14-12-24-8-9-29-20(24)21-14/h3-9,12H,2,10-11H2,1H3,(H,23,27,28). The van der Waals surface area contributed by atoms with E-state index in [-0.39, 0.29) is 0 Å². The summed E-state index contributed by atoms with van der Waals surface area (Å²) < 4.78 is 5.36. The first kappa shape index (κ1) is 17.6. The minimum atomic E-state index is -0.441. The second kappa shape index (κ2) is 6.85. The maximum atomic E-state index is 12.7. The van der Waals surface area contributed by atoms with Gasteiger partial charge >= 0.3 is 5.69 Å². The number of hydrogen-bond donors (Lipinski definition) is 1. The topological polar surface area (TPSA) is 90.0 Å². The molecule has 8 nitrogen and oxygen atoms in total. The normalized spacial score (nSPS) is 11.6. The van der Waals surface area contributed by atoms with Crippen LogP contribution in [-0.4, -0.2) is 28.5 Å². The van der Waals surface area contributed by atoms with Crippen molar-refractivity contribution in [1.29, 1.82) is 0 Å². The van der Waals surface area contributed by atoms with Gasteiger partial charge in [-0.05, 0) is 12.5 Å². The Morgan fingerprint density at radius 2 is 1.93 bits per heavy atom. The number of imidazole rings is 2. The Hall–Kier alpha value is -3.46. The highest BCUT2D eigenvalue weighted by Crippen LogP contribution is 2.19. The van der Waals surface area contributed by atoms with E-state index in [0.717, 1.165) is 16.2 Å². The maximum absolute atomic E-state index is 12.7. The molecule has 1 N–H and O–H groups in total. The summed E-state index contributed by atoms with van der Waals surface area (Å²) in [5, 5.41) is 1.98. The summed E-state index contributed by atoms with van der Waals surface area (Å²) in [7, 11) is 0. The second-order valence-corrected chi connectivity index (χ2v) is 7.65. The van der Waals surface area contributed by atoms with E-state index in [1.54, 1.807) is 11.3 Å². The van der Waals surface area contributed by atoms with Gasteiger partial charge in [0.1, 0.15) is 5.82 Å². The zero-order valence-electron chi connectivity index (χ0n) is 15.7. The third-order valence-corrected chi connectivity index (χ3v) is 5.72. The first-order chi connectivity index (χ1) is 14.1. The highest BCUT2D eigenvalue weighted by atomic mass is 32.1. The quantitative estimate of drug-likeness (QED) is 0.485. The number of nitrogens with zero attached hydrogens (tertiary/aromatic N) is 5. The van der Waals surface area contributed by atoms with E-state index in [1.807, 2.05) is 64.0 Å². The van der Waals surface area contributed by atoms with E-state index in [2.05, 4.69) is 9.97 Å². The first-order valence-electron chi connectivity index (χ1n) is 9.31. The van der Waals surface area contributed by atoms with Crippen LogP contribution in [0.15, 0.2) is 57.7 Å². The van der Waals surface area contributed by atoms with Crippen LogP contribution in [0.3, 0.4) is 0 Å². The van der Waals surface area contributed by atoms with Crippen molar-refractivity contribution in [3.8, 4) is 0 Å². The molecule has 0 fully saturated rings. The molecular weight excluding hydrogens is 388 g/mol. The van der Waals surface area contributed by atoms with Gasteiger partial charge in [-0.2, -0.15) is 0 Å². The highest BCUT2D eigenvalue weighted by molar-refractivity contribution is 7.15. The van der Waals surface area contributed by atoms with Crippen molar-refractivity contribution in [1.82, 2.24) is 28.5 Å². The fraction of sp³-hybridized carbons (Fsp3) is 0.200. The smallest absolute Gasteiger partial charge is 0.317 e. The monoisotopic (exact) mass is 406 g/mol. The Kier molecular flexibility index (Phi) is 4.17. The van der Waals surface area contributed by atoms with E-state index >= 15 is 0 Å². The third kappa shape index (κ3) is 2.99. The van der Waals surface area contributed by atoms with Gasteiger partial charge in [-0.15, -0.1) is 11.3 Å². The molecule has 0 saturated carbocycles. The molecule has 0 radical (unpaired) electrons. The van der Waals surface area contributed by atoms with E-state index in [0.29, 0.717) is 36.5 Å². The molecule has 5 aromatic rings. The molecule has 4 aromatic heterocycles. The van der Waals surface area contributed by atoms with Crippen molar-refractivity contribution in [3.63, 3.8) is 0 Å². The lowest BCUT2D eigenvalue weighted by Crippen LogP contribution is -2.30. The fourth-order valence-electron chi connectivity index (χ4n) is 3.61. The number of aromatic amines is 1. The molecular formula is C20H18N6O2S. The zero-order chi connectivity index (χ0) is 20.0. The molecule has 0 aliphatic carbocycles. The molecule has 4 heterocycles. The number of aryl methyl sites for hydroxylation is 1. The third-order valence-electron chi connectivity index (χ3n) is 4.95. The van der Waals surface area contributed by atoms with Gasteiger partial charge in [-0.3, -0.25) is 18.7 Å². The van der Waals surface area contributed by atoms with Gasteiger partial charge in [0.05, 0.1) is 5.69 Å². The number of nitrogens with one attached hydrogen (secondary N) is 1. The van der Waals surface area contributed by atoms with Gasteiger partial charge in [-0.1, -0.05) is 30.3 Å². The predicted molar refractivity (Wildman–Crippen MR) is 112 cm³/mol. The SMILES string of the molecule is CCn1c(=O)[nH]c(=O)c2c1nc(Cc1cn3ccsc3n1)n2Cc1ccccc1. The molecule has 29 heavy (non-hydrogen) atoms. The molecule has 0 unspecified atom stereocenters. The molecule has 146 valence electrons. The van der Waals surface area contributed by atoms with Gasteiger partial charge in [0, 0.05) is 37.3 Å². The molecule has 0 saturated heterocycles. The first-order valence-corrected chi connectivity index (χ1v) is 10.2. The van der Waals surface area contributed by atoms with Crippen molar-refractivity contribution >= 4 is 27.5 Å². The van der Waals surface area contributed by atoms with Crippen LogP contribution < -0.4 is 11.2 Å². The van der Waals surface area contributed by atoms with Crippen LogP contribution in [0.4, 0.5) is 0 Å². The number of H-pyrrole nitrogens is 1. The molecule has 0 atom stereocenters. The van der Waals surface area contributed by atoms with E-state index in [9.17, 15) is 9.59 Å². The van der Waals surface area contributed by atoms with Crippen LogP contribution in [0.1, 0.15) is 24.0 Å². The minimum absolute atomic E-state index is 0.409.